The number of hydrogen-bond donors (Lipinski definition) is 13. The molecule has 2 aliphatic rings. The number of aromatic nitrogens is 1. The number of nitrogens with two attached hydrogens (primary N) is 2. The number of H-pyrrole nitrogens is 1. The number of phenols is 1. The second-order valence-electron chi connectivity index (χ2n) is 19.0. The Kier molecular flexibility index (Phi) is 21.3. The molecule has 9 amide bonds. The average Bonchev–Trinajstić information content (AvgIpc) is 4.14. The fourth-order valence-corrected chi connectivity index (χ4v) is 8.85. The van der Waals surface area contributed by atoms with Gasteiger partial charge in [-0.15, -0.1) is 0 Å². The number of imide groups is 1. The third-order valence-electron chi connectivity index (χ3n) is 12.9. The number of likely N-dealkylation sites (tertiary alicyclic amines) is 1. The van der Waals surface area contributed by atoms with Crippen LogP contribution in [0.25, 0.3) is 10.9 Å². The number of para-hydroxylation sites is 1. The Labute approximate surface area is 428 Å². The molecule has 1 aromatic heterocycles. The molecule has 24 nitrogen and oxygen atoms in total. The van der Waals surface area contributed by atoms with Crippen LogP contribution in [0.3, 0.4) is 0 Å². The van der Waals surface area contributed by atoms with Crippen LogP contribution in [0.5, 0.6) is 5.75 Å². The SMILES string of the molecule is CCN1CCC[C@H]1C(=O)NC(=O)[C@H](CCCN=C(N)N)NC(=O)[C@H](CC(C)C)NC(=O)[C@@H](C)NC(=O)[C@H](Cc1ccc(O)cc1)NC(=O)[C@H](CO)NC(=O)[C@H](Cc1c[nH]c2ccccc12)NC(=O)[C@@H]1CCC(=O)N1. The van der Waals surface area contributed by atoms with Gasteiger partial charge in [0.15, 0.2) is 5.96 Å². The smallest absolute Gasteiger partial charge is 0.249 e. The highest BCUT2D eigenvalue weighted by atomic mass is 16.3. The van der Waals surface area contributed by atoms with E-state index in [9.17, 15) is 53.4 Å². The number of carbonyl (C=O) groups is 9. The molecule has 2 aromatic carbocycles. The Morgan fingerprint density at radius 2 is 1.39 bits per heavy atom. The Hall–Kier alpha value is -7.60. The van der Waals surface area contributed by atoms with Crippen molar-refractivity contribution in [2.75, 3.05) is 26.2 Å². The lowest BCUT2D eigenvalue weighted by Crippen LogP contribution is -2.60. The number of aliphatic hydroxyl groups excluding tert-OH is 1. The van der Waals surface area contributed by atoms with E-state index in [1.807, 2.05) is 43.9 Å². The van der Waals surface area contributed by atoms with Gasteiger partial charge < -0.3 is 63.9 Å². The Morgan fingerprint density at radius 3 is 2.05 bits per heavy atom. The van der Waals surface area contributed by atoms with Gasteiger partial charge in [-0.2, -0.15) is 0 Å². The van der Waals surface area contributed by atoms with Crippen molar-refractivity contribution in [1.29, 1.82) is 0 Å². The zero-order valence-electron chi connectivity index (χ0n) is 42.2. The maximum Gasteiger partial charge on any atom is 0.249 e. The third kappa shape index (κ3) is 16.7. The molecule has 8 atom stereocenters. The van der Waals surface area contributed by atoms with Crippen molar-refractivity contribution in [3.05, 3.63) is 65.9 Å². The minimum absolute atomic E-state index is 0.0387. The number of hydrogen-bond acceptors (Lipinski definition) is 13. The Balaban J connectivity index is 1.29. The maximum absolute atomic E-state index is 14.1. The minimum Gasteiger partial charge on any atom is -0.508 e. The van der Waals surface area contributed by atoms with Crippen LogP contribution < -0.4 is 54.0 Å². The summed E-state index contributed by atoms with van der Waals surface area (Å²) in [5, 5.41) is 41.8. The van der Waals surface area contributed by atoms with Gasteiger partial charge in [-0.05, 0) is 93.8 Å². The van der Waals surface area contributed by atoms with Crippen molar-refractivity contribution < 1.29 is 53.4 Å². The molecule has 2 aliphatic heterocycles. The van der Waals surface area contributed by atoms with Crippen LogP contribution in [0.15, 0.2) is 59.7 Å². The van der Waals surface area contributed by atoms with Crippen LogP contribution in [-0.2, 0) is 56.0 Å². The van der Waals surface area contributed by atoms with E-state index in [2.05, 4.69) is 52.5 Å². The number of carbonyl (C=O) groups excluding carboxylic acids is 9. The largest absolute Gasteiger partial charge is 0.508 e. The van der Waals surface area contributed by atoms with E-state index in [4.69, 9.17) is 11.5 Å². The molecule has 2 fully saturated rings. The number of guanidine groups is 1. The molecule has 5 rings (SSSR count). The van der Waals surface area contributed by atoms with Crippen LogP contribution in [0.4, 0.5) is 0 Å². The number of aromatic amines is 1. The van der Waals surface area contributed by atoms with Crippen LogP contribution in [0.1, 0.15) is 83.8 Å². The third-order valence-corrected chi connectivity index (χ3v) is 12.9. The van der Waals surface area contributed by atoms with Crippen molar-refractivity contribution in [3.63, 3.8) is 0 Å². The molecule has 402 valence electrons. The molecule has 15 N–H and O–H groups in total. The van der Waals surface area contributed by atoms with Gasteiger partial charge in [0.25, 0.3) is 0 Å². The molecule has 74 heavy (non-hydrogen) atoms. The highest BCUT2D eigenvalue weighted by Gasteiger charge is 2.36. The van der Waals surface area contributed by atoms with E-state index >= 15 is 0 Å². The van der Waals surface area contributed by atoms with Crippen molar-refractivity contribution >= 4 is 70.0 Å². The lowest BCUT2D eigenvalue weighted by molar-refractivity contribution is -0.137. The Morgan fingerprint density at radius 1 is 0.757 bits per heavy atom. The number of benzene rings is 2. The number of aliphatic hydroxyl groups is 1. The number of nitrogens with zero attached hydrogens (tertiary/aromatic N) is 2. The molecule has 24 heteroatoms. The van der Waals surface area contributed by atoms with E-state index < -0.39 is 102 Å². The number of phenolic OH excluding ortho intramolecular Hbond substituents is 1. The lowest BCUT2D eigenvalue weighted by Gasteiger charge is -2.27. The summed E-state index contributed by atoms with van der Waals surface area (Å²) in [6.45, 7) is 7.39. The molecule has 0 spiro atoms. The first kappa shape index (κ1) is 57.3. The Bertz CT molecular complexity index is 2510. The minimum atomic E-state index is -1.66. The van der Waals surface area contributed by atoms with Gasteiger partial charge in [0.2, 0.25) is 53.2 Å². The van der Waals surface area contributed by atoms with E-state index in [0.717, 1.165) is 17.3 Å². The zero-order chi connectivity index (χ0) is 54.1. The molecular weight excluding hydrogens is 959 g/mol. The predicted molar refractivity (Wildman–Crippen MR) is 272 cm³/mol. The van der Waals surface area contributed by atoms with Gasteiger partial charge in [0.1, 0.15) is 48.0 Å². The predicted octanol–water partition coefficient (Wildman–Crippen LogP) is -1.91. The summed E-state index contributed by atoms with van der Waals surface area (Å²) in [7, 11) is 0. The van der Waals surface area contributed by atoms with Crippen LogP contribution in [0, 0.1) is 5.92 Å². The second-order valence-corrected chi connectivity index (χ2v) is 19.0. The maximum atomic E-state index is 14.1. The van der Waals surface area contributed by atoms with Gasteiger partial charge in [-0.1, -0.05) is 51.1 Å². The molecule has 0 saturated carbocycles. The topological polar surface area (TPSA) is 374 Å². The molecular formula is C50H71N13O11. The summed E-state index contributed by atoms with van der Waals surface area (Å²) in [5.41, 5.74) is 12.8. The molecule has 0 bridgehead atoms. The number of likely N-dealkylation sites (N-methyl/N-ethyl adjacent to an activating group) is 1. The molecule has 3 heterocycles. The van der Waals surface area contributed by atoms with Gasteiger partial charge in [0.05, 0.1) is 12.6 Å². The van der Waals surface area contributed by atoms with E-state index in [1.54, 1.807) is 12.3 Å². The summed E-state index contributed by atoms with van der Waals surface area (Å²) < 4.78 is 0. The van der Waals surface area contributed by atoms with Gasteiger partial charge in [-0.25, -0.2) is 0 Å². The van der Waals surface area contributed by atoms with Crippen LogP contribution >= 0.6 is 0 Å². The average molecular weight is 1030 g/mol. The van der Waals surface area contributed by atoms with Gasteiger partial charge >= 0.3 is 0 Å². The van der Waals surface area contributed by atoms with Crippen molar-refractivity contribution in [1.82, 2.24) is 52.4 Å². The van der Waals surface area contributed by atoms with E-state index in [0.29, 0.717) is 30.6 Å². The highest BCUT2D eigenvalue weighted by molar-refractivity contribution is 6.02. The van der Waals surface area contributed by atoms with Crippen molar-refractivity contribution in [2.24, 2.45) is 22.4 Å². The molecule has 0 aliphatic carbocycles. The summed E-state index contributed by atoms with van der Waals surface area (Å²) >= 11 is 0. The van der Waals surface area contributed by atoms with E-state index in [-0.39, 0.29) is 75.0 Å². The fourth-order valence-electron chi connectivity index (χ4n) is 8.85. The first-order valence-corrected chi connectivity index (χ1v) is 25.0. The molecule has 2 saturated heterocycles. The van der Waals surface area contributed by atoms with Crippen molar-refractivity contribution in [2.45, 2.75) is 134 Å². The van der Waals surface area contributed by atoms with E-state index in [1.165, 1.54) is 31.2 Å². The summed E-state index contributed by atoms with van der Waals surface area (Å²) in [4.78, 5) is 131. The van der Waals surface area contributed by atoms with Gasteiger partial charge in [0, 0.05) is 42.9 Å². The standard InChI is InChI=1S/C50H71N13O11/c1-5-63-21-9-13-40(63)49(74)62-44(69)34(12-8-20-53-50(51)52)57-46(71)36(22-27(2)3)58-42(67)28(4)55-45(70)37(23-29-14-16-31(65)17-15-29)59-48(73)39(26-64)61-47(72)38(60-43(68)35-18-19-41(66)56-35)24-30-25-54-33-11-7-6-10-32(30)33/h6-7,10-11,14-17,25,27-28,34-40,54,64-65H,5,8-9,12-13,18-24,26H2,1-4H3,(H,55,70)(H,56,66)(H,57,71)(H,58,67)(H,59,73)(H,60,68)(H,61,72)(H4,51,52,53)(H,62,69,74)/t28-,34+,35+,36+,37+,38+,39+,40+/m1/s1. The number of aromatic hydroxyl groups is 1. The fraction of sp³-hybridized carbons (Fsp3) is 0.520. The second kappa shape index (κ2) is 27.5. The summed E-state index contributed by atoms with van der Waals surface area (Å²) in [6, 6.07) is 3.43. The first-order valence-electron chi connectivity index (χ1n) is 25.0. The lowest BCUT2D eigenvalue weighted by atomic mass is 10.0. The number of rotatable bonds is 26. The molecule has 0 unspecified atom stereocenters. The number of nitrogens with one attached hydrogen (secondary N) is 9. The number of amides is 9. The number of aliphatic imine (C=N–C) groups is 1. The summed E-state index contributed by atoms with van der Waals surface area (Å²) in [5.74, 6) is -6.86. The quantitative estimate of drug-likeness (QED) is 0.0237. The zero-order valence-corrected chi connectivity index (χ0v) is 42.2. The molecule has 0 radical (unpaired) electrons. The van der Waals surface area contributed by atoms with Crippen LogP contribution in [0.2, 0.25) is 0 Å². The molecule has 3 aromatic rings. The van der Waals surface area contributed by atoms with Crippen molar-refractivity contribution in [3.8, 4) is 5.75 Å². The van der Waals surface area contributed by atoms with Crippen LogP contribution in [-0.4, -0.2) is 154 Å². The highest BCUT2D eigenvalue weighted by Crippen LogP contribution is 2.21. The first-order chi connectivity index (χ1) is 35.3. The summed E-state index contributed by atoms with van der Waals surface area (Å²) in [6.07, 6.45) is 3.50. The monoisotopic (exact) mass is 1030 g/mol. The normalized spacial score (nSPS) is 17.9. The van der Waals surface area contributed by atoms with Gasteiger partial charge in [-0.3, -0.25) is 58.4 Å². The number of fused-ring (bicyclic) bond motifs is 1.